The third-order valence-electron chi connectivity index (χ3n) is 3.20. The molecule has 0 bridgehead atoms. The largest absolute Gasteiger partial charge is 0.340 e. The van der Waals surface area contributed by atoms with Gasteiger partial charge in [-0.1, -0.05) is 23.7 Å². The lowest BCUT2D eigenvalue weighted by molar-refractivity contribution is 1.06. The number of nitrogens with zero attached hydrogens (tertiary/aromatic N) is 3. The number of hydrogen-bond donors (Lipinski definition) is 2. The molecule has 0 aliphatic carbocycles. The molecule has 0 fully saturated rings. The summed E-state index contributed by atoms with van der Waals surface area (Å²) >= 11 is 6.00. The van der Waals surface area contributed by atoms with Gasteiger partial charge in [-0.25, -0.2) is 9.97 Å². The minimum Gasteiger partial charge on any atom is -0.340 e. The van der Waals surface area contributed by atoms with Gasteiger partial charge in [0.2, 0.25) is 0 Å². The maximum Gasteiger partial charge on any atom is 0.136 e. The van der Waals surface area contributed by atoms with Crippen molar-refractivity contribution in [3.05, 3.63) is 71.0 Å². The van der Waals surface area contributed by atoms with Crippen LogP contribution in [-0.2, 0) is 0 Å². The molecule has 0 radical (unpaired) electrons. The summed E-state index contributed by atoms with van der Waals surface area (Å²) < 4.78 is 0. The van der Waals surface area contributed by atoms with E-state index in [1.807, 2.05) is 43.3 Å². The maximum absolute atomic E-state index is 8.98. The van der Waals surface area contributed by atoms with E-state index in [9.17, 15) is 0 Å². The maximum atomic E-state index is 8.98. The van der Waals surface area contributed by atoms with Crippen LogP contribution >= 0.6 is 11.6 Å². The number of hydrogen-bond acceptors (Lipinski definition) is 5. The smallest absolute Gasteiger partial charge is 0.136 e. The number of anilines is 4. The first-order valence-electron chi connectivity index (χ1n) is 7.28. The summed E-state index contributed by atoms with van der Waals surface area (Å²) in [5.74, 6) is 1.92. The Bertz CT molecular complexity index is 917. The molecule has 0 amide bonds. The van der Waals surface area contributed by atoms with E-state index in [1.165, 1.54) is 0 Å². The molecule has 0 aliphatic rings. The van der Waals surface area contributed by atoms with Crippen LogP contribution in [0.5, 0.6) is 0 Å². The van der Waals surface area contributed by atoms with Crippen molar-refractivity contribution < 1.29 is 0 Å². The highest BCUT2D eigenvalue weighted by atomic mass is 35.5. The van der Waals surface area contributed by atoms with E-state index in [1.54, 1.807) is 18.2 Å². The van der Waals surface area contributed by atoms with Crippen LogP contribution in [0.1, 0.15) is 11.4 Å². The number of aromatic nitrogens is 2. The van der Waals surface area contributed by atoms with E-state index in [2.05, 4.69) is 26.7 Å². The minimum atomic E-state index is 0.586. The van der Waals surface area contributed by atoms with Crippen molar-refractivity contribution in [2.75, 3.05) is 10.6 Å². The molecule has 2 N–H and O–H groups in total. The van der Waals surface area contributed by atoms with Crippen molar-refractivity contribution in [1.82, 2.24) is 9.97 Å². The molecule has 3 aromatic rings. The highest BCUT2D eigenvalue weighted by Crippen LogP contribution is 2.22. The van der Waals surface area contributed by atoms with Gasteiger partial charge in [0.25, 0.3) is 0 Å². The predicted molar refractivity (Wildman–Crippen MR) is 95.9 cm³/mol. The number of benzene rings is 2. The van der Waals surface area contributed by atoms with Gasteiger partial charge in [0.05, 0.1) is 11.6 Å². The number of rotatable bonds is 4. The Morgan fingerprint density at radius 1 is 0.917 bits per heavy atom. The molecule has 0 saturated heterocycles. The SMILES string of the molecule is Cc1nc(Nc2cccc(Cl)c2)cc(Nc2cccc(C#N)c2)n1. The van der Waals surface area contributed by atoms with Crippen LogP contribution in [0.25, 0.3) is 0 Å². The summed E-state index contributed by atoms with van der Waals surface area (Å²) in [6, 6.07) is 18.5. The van der Waals surface area contributed by atoms with Crippen LogP contribution in [0.2, 0.25) is 5.02 Å². The van der Waals surface area contributed by atoms with Gasteiger partial charge in [-0.3, -0.25) is 0 Å². The number of halogens is 1. The summed E-state index contributed by atoms with van der Waals surface area (Å²) in [5, 5.41) is 16.0. The van der Waals surface area contributed by atoms with Gasteiger partial charge in [0.1, 0.15) is 17.5 Å². The third-order valence-corrected chi connectivity index (χ3v) is 3.43. The van der Waals surface area contributed by atoms with Gasteiger partial charge in [-0.05, 0) is 43.3 Å². The van der Waals surface area contributed by atoms with Gasteiger partial charge in [-0.2, -0.15) is 5.26 Å². The number of aryl methyl sites for hydroxylation is 1. The molecule has 24 heavy (non-hydrogen) atoms. The van der Waals surface area contributed by atoms with E-state index in [-0.39, 0.29) is 0 Å². The Kier molecular flexibility index (Phi) is 4.59. The minimum absolute atomic E-state index is 0.586. The molecule has 2 aromatic carbocycles. The number of nitrogens with one attached hydrogen (secondary N) is 2. The fourth-order valence-electron chi connectivity index (χ4n) is 2.22. The van der Waals surface area contributed by atoms with E-state index >= 15 is 0 Å². The van der Waals surface area contributed by atoms with E-state index in [0.29, 0.717) is 28.0 Å². The zero-order chi connectivity index (χ0) is 16.9. The molecule has 6 heteroatoms. The van der Waals surface area contributed by atoms with Crippen LogP contribution < -0.4 is 10.6 Å². The highest BCUT2D eigenvalue weighted by Gasteiger charge is 2.04. The first kappa shape index (κ1) is 15.8. The summed E-state index contributed by atoms with van der Waals surface area (Å²) in [4.78, 5) is 8.75. The summed E-state index contributed by atoms with van der Waals surface area (Å²) in [6.45, 7) is 1.82. The van der Waals surface area contributed by atoms with Crippen LogP contribution in [0.3, 0.4) is 0 Å². The summed E-state index contributed by atoms with van der Waals surface area (Å²) in [5.41, 5.74) is 2.22. The standard InChI is InChI=1S/C18H14ClN5/c1-12-21-17(23-15-6-2-4-13(8-15)11-20)10-18(22-12)24-16-7-3-5-14(19)9-16/h2-10H,1H3,(H2,21,22,23,24). The monoisotopic (exact) mass is 335 g/mol. The summed E-state index contributed by atoms with van der Waals surface area (Å²) in [7, 11) is 0. The first-order chi connectivity index (χ1) is 11.6. The molecule has 1 aromatic heterocycles. The van der Waals surface area contributed by atoms with Crippen molar-refractivity contribution in [2.45, 2.75) is 6.92 Å². The van der Waals surface area contributed by atoms with Crippen LogP contribution in [0.15, 0.2) is 54.6 Å². The average molecular weight is 336 g/mol. The van der Waals surface area contributed by atoms with Gasteiger partial charge >= 0.3 is 0 Å². The zero-order valence-corrected chi connectivity index (χ0v) is 13.7. The van der Waals surface area contributed by atoms with Gasteiger partial charge in [0, 0.05) is 22.5 Å². The highest BCUT2D eigenvalue weighted by molar-refractivity contribution is 6.30. The third kappa shape index (κ3) is 4.00. The average Bonchev–Trinajstić information content (AvgIpc) is 2.54. The normalized spacial score (nSPS) is 10.0. The van der Waals surface area contributed by atoms with Crippen LogP contribution in [0.4, 0.5) is 23.0 Å². The Labute approximate surface area is 145 Å². The zero-order valence-electron chi connectivity index (χ0n) is 12.9. The van der Waals surface area contributed by atoms with Crippen LogP contribution in [-0.4, -0.2) is 9.97 Å². The first-order valence-corrected chi connectivity index (χ1v) is 7.66. The molecular formula is C18H14ClN5. The van der Waals surface area contributed by atoms with Crippen molar-refractivity contribution in [1.29, 1.82) is 5.26 Å². The molecule has 0 atom stereocenters. The Balaban J connectivity index is 1.84. The quantitative estimate of drug-likeness (QED) is 0.716. The molecule has 118 valence electrons. The molecule has 0 aliphatic heterocycles. The second kappa shape index (κ2) is 6.99. The van der Waals surface area contributed by atoms with Crippen molar-refractivity contribution in [2.24, 2.45) is 0 Å². The Morgan fingerprint density at radius 3 is 2.17 bits per heavy atom. The second-order valence-electron chi connectivity index (χ2n) is 5.14. The van der Waals surface area contributed by atoms with Gasteiger partial charge in [-0.15, -0.1) is 0 Å². The van der Waals surface area contributed by atoms with E-state index in [4.69, 9.17) is 16.9 Å². The topological polar surface area (TPSA) is 73.6 Å². The van der Waals surface area contributed by atoms with Crippen molar-refractivity contribution >= 4 is 34.6 Å². The van der Waals surface area contributed by atoms with Crippen molar-refractivity contribution in [3.8, 4) is 6.07 Å². The lowest BCUT2D eigenvalue weighted by Gasteiger charge is -2.10. The van der Waals surface area contributed by atoms with Crippen LogP contribution in [0, 0.1) is 18.3 Å². The fraction of sp³-hybridized carbons (Fsp3) is 0.0556. The molecule has 1 heterocycles. The molecule has 0 spiro atoms. The Hall–Kier alpha value is -3.10. The second-order valence-corrected chi connectivity index (χ2v) is 5.58. The van der Waals surface area contributed by atoms with E-state index < -0.39 is 0 Å². The summed E-state index contributed by atoms with van der Waals surface area (Å²) in [6.07, 6.45) is 0. The lowest BCUT2D eigenvalue weighted by atomic mass is 10.2. The molecule has 0 saturated carbocycles. The van der Waals surface area contributed by atoms with Gasteiger partial charge < -0.3 is 10.6 Å². The fourth-order valence-corrected chi connectivity index (χ4v) is 2.41. The molecule has 3 rings (SSSR count). The van der Waals surface area contributed by atoms with Gasteiger partial charge in [0.15, 0.2) is 0 Å². The molecule has 5 nitrogen and oxygen atoms in total. The predicted octanol–water partition coefficient (Wildman–Crippen LogP) is 4.80. The Morgan fingerprint density at radius 2 is 1.54 bits per heavy atom. The number of nitriles is 1. The van der Waals surface area contributed by atoms with E-state index in [0.717, 1.165) is 11.4 Å². The molecular weight excluding hydrogens is 322 g/mol. The lowest BCUT2D eigenvalue weighted by Crippen LogP contribution is -2.01. The molecule has 0 unspecified atom stereocenters. The van der Waals surface area contributed by atoms with Crippen molar-refractivity contribution in [3.63, 3.8) is 0 Å².